The third-order valence-corrected chi connectivity index (χ3v) is 3.59. The molecule has 3 rings (SSSR count). The number of nitrogens with one attached hydrogen (secondary N) is 1. The van der Waals surface area contributed by atoms with Crippen LogP contribution in [0, 0.1) is 0 Å². The van der Waals surface area contributed by atoms with E-state index in [0.717, 1.165) is 22.1 Å². The van der Waals surface area contributed by atoms with Gasteiger partial charge in [-0.1, -0.05) is 28.1 Å². The molecule has 1 N–H and O–H groups in total. The number of nitrogens with zero attached hydrogens (tertiary/aromatic N) is 2. The van der Waals surface area contributed by atoms with E-state index in [1.807, 2.05) is 24.3 Å². The number of fused-ring (bicyclic) bond motifs is 3. The van der Waals surface area contributed by atoms with Crippen LogP contribution in [0.25, 0.3) is 10.9 Å². The zero-order valence-corrected chi connectivity index (χ0v) is 10.1. The molecule has 0 spiro atoms. The van der Waals surface area contributed by atoms with E-state index in [1.165, 1.54) is 0 Å². The Labute approximate surface area is 100 Å². The maximum Gasteiger partial charge on any atom is 0.349 e. The van der Waals surface area contributed by atoms with Gasteiger partial charge in [0.1, 0.15) is 5.82 Å². The first-order valence-electron chi connectivity index (χ1n) is 5.11. The minimum Gasteiger partial charge on any atom is -0.365 e. The number of hydrogen-bond acceptors (Lipinski definition) is 3. The number of benzene rings is 1. The number of hydrogen-bond donors (Lipinski definition) is 1. The fourth-order valence-electron chi connectivity index (χ4n) is 2.05. The van der Waals surface area contributed by atoms with Crippen molar-refractivity contribution in [2.75, 3.05) is 10.6 Å². The van der Waals surface area contributed by atoms with Crippen LogP contribution >= 0.6 is 15.9 Å². The Morgan fingerprint density at radius 2 is 2.31 bits per heavy atom. The SMILES string of the molecule is O=c1nc2ccccc2c2n1CC(CBr)N2. The summed E-state index contributed by atoms with van der Waals surface area (Å²) in [6, 6.07) is 7.96. The van der Waals surface area contributed by atoms with Gasteiger partial charge in [0.25, 0.3) is 0 Å². The molecule has 1 unspecified atom stereocenters. The van der Waals surface area contributed by atoms with Crippen molar-refractivity contribution in [3.8, 4) is 0 Å². The van der Waals surface area contributed by atoms with Crippen molar-refractivity contribution in [1.82, 2.24) is 9.55 Å². The summed E-state index contributed by atoms with van der Waals surface area (Å²) < 4.78 is 1.70. The molecule has 1 aliphatic heterocycles. The quantitative estimate of drug-likeness (QED) is 0.807. The van der Waals surface area contributed by atoms with E-state index < -0.39 is 0 Å². The summed E-state index contributed by atoms with van der Waals surface area (Å²) in [5, 5.41) is 5.17. The maximum absolute atomic E-state index is 11.8. The Balaban J connectivity index is 2.31. The highest BCUT2D eigenvalue weighted by atomic mass is 79.9. The van der Waals surface area contributed by atoms with Crippen molar-refractivity contribution >= 4 is 32.7 Å². The highest BCUT2D eigenvalue weighted by Crippen LogP contribution is 2.25. The van der Waals surface area contributed by atoms with Crippen molar-refractivity contribution in [3.05, 3.63) is 34.7 Å². The van der Waals surface area contributed by atoms with Gasteiger partial charge in [-0.3, -0.25) is 4.57 Å². The minimum absolute atomic E-state index is 0.176. The zero-order chi connectivity index (χ0) is 11.1. The summed E-state index contributed by atoms with van der Waals surface area (Å²) in [6.07, 6.45) is 0. The molecule has 0 aliphatic carbocycles. The third-order valence-electron chi connectivity index (χ3n) is 2.81. The second-order valence-corrected chi connectivity index (χ2v) is 4.51. The molecule has 1 aromatic heterocycles. The van der Waals surface area contributed by atoms with Gasteiger partial charge >= 0.3 is 5.69 Å². The highest BCUT2D eigenvalue weighted by Gasteiger charge is 2.22. The summed E-state index contributed by atoms with van der Waals surface area (Å²) in [6.45, 7) is 0.678. The molecule has 16 heavy (non-hydrogen) atoms. The van der Waals surface area contributed by atoms with Crippen LogP contribution in [0.2, 0.25) is 0 Å². The lowest BCUT2D eigenvalue weighted by Crippen LogP contribution is -2.23. The topological polar surface area (TPSA) is 46.9 Å². The van der Waals surface area contributed by atoms with Gasteiger partial charge in [-0.15, -0.1) is 0 Å². The fourth-order valence-corrected chi connectivity index (χ4v) is 2.41. The molecule has 82 valence electrons. The molecule has 4 nitrogen and oxygen atoms in total. The summed E-state index contributed by atoms with van der Waals surface area (Å²) in [5.74, 6) is 0.889. The predicted molar refractivity (Wildman–Crippen MR) is 67.2 cm³/mol. The first-order valence-corrected chi connectivity index (χ1v) is 6.24. The molecule has 2 heterocycles. The fraction of sp³-hybridized carbons (Fsp3) is 0.273. The van der Waals surface area contributed by atoms with Gasteiger partial charge in [-0.05, 0) is 12.1 Å². The van der Waals surface area contributed by atoms with Crippen LogP contribution in [0.15, 0.2) is 29.1 Å². The number of rotatable bonds is 1. The number of aromatic nitrogens is 2. The largest absolute Gasteiger partial charge is 0.365 e. The smallest absolute Gasteiger partial charge is 0.349 e. The molecular formula is C11H10BrN3O. The maximum atomic E-state index is 11.8. The average molecular weight is 280 g/mol. The average Bonchev–Trinajstić information content (AvgIpc) is 2.74. The van der Waals surface area contributed by atoms with Crippen molar-refractivity contribution in [2.24, 2.45) is 0 Å². The normalized spacial score (nSPS) is 18.4. The third kappa shape index (κ3) is 1.35. The van der Waals surface area contributed by atoms with E-state index in [-0.39, 0.29) is 11.7 Å². The van der Waals surface area contributed by atoms with Crippen molar-refractivity contribution in [2.45, 2.75) is 12.6 Å². The van der Waals surface area contributed by atoms with Crippen LogP contribution in [-0.4, -0.2) is 20.9 Å². The van der Waals surface area contributed by atoms with Gasteiger partial charge in [0.15, 0.2) is 0 Å². The Morgan fingerprint density at radius 1 is 1.50 bits per heavy atom. The first-order chi connectivity index (χ1) is 7.79. The molecule has 0 radical (unpaired) electrons. The highest BCUT2D eigenvalue weighted by molar-refractivity contribution is 9.09. The monoisotopic (exact) mass is 279 g/mol. The van der Waals surface area contributed by atoms with Gasteiger partial charge in [0.2, 0.25) is 0 Å². The zero-order valence-electron chi connectivity index (χ0n) is 8.48. The second kappa shape index (κ2) is 3.59. The molecule has 1 aliphatic rings. The van der Waals surface area contributed by atoms with Crippen molar-refractivity contribution < 1.29 is 0 Å². The summed E-state index contributed by atoms with van der Waals surface area (Å²) in [5.41, 5.74) is 0.575. The van der Waals surface area contributed by atoms with E-state index in [0.29, 0.717) is 6.54 Å². The van der Waals surface area contributed by atoms with Crippen LogP contribution in [0.3, 0.4) is 0 Å². The van der Waals surface area contributed by atoms with E-state index in [2.05, 4.69) is 26.2 Å². The van der Waals surface area contributed by atoms with Gasteiger partial charge in [0, 0.05) is 10.7 Å². The molecule has 0 saturated carbocycles. The number of halogens is 1. The van der Waals surface area contributed by atoms with Gasteiger partial charge in [-0.2, -0.15) is 4.98 Å². The lowest BCUT2D eigenvalue weighted by molar-refractivity contribution is 0.672. The minimum atomic E-state index is -0.176. The van der Waals surface area contributed by atoms with E-state index in [1.54, 1.807) is 4.57 Å². The van der Waals surface area contributed by atoms with E-state index in [4.69, 9.17) is 0 Å². The van der Waals surface area contributed by atoms with E-state index in [9.17, 15) is 4.79 Å². The Bertz CT molecular complexity index is 608. The summed E-state index contributed by atoms with van der Waals surface area (Å²) in [4.78, 5) is 15.9. The standard InChI is InChI=1S/C11H10BrN3O/c12-5-7-6-15-10(13-7)8-3-1-2-4-9(8)14-11(15)16/h1-4,7,13H,5-6H2. The van der Waals surface area contributed by atoms with Gasteiger partial charge in [-0.25, -0.2) is 4.79 Å². The molecular weight excluding hydrogens is 270 g/mol. The lowest BCUT2D eigenvalue weighted by Gasteiger charge is -2.06. The molecule has 5 heteroatoms. The lowest BCUT2D eigenvalue weighted by atomic mass is 10.2. The van der Waals surface area contributed by atoms with Crippen molar-refractivity contribution in [1.29, 1.82) is 0 Å². The molecule has 0 bridgehead atoms. The molecule has 0 amide bonds. The number of alkyl halides is 1. The molecule has 1 atom stereocenters. The second-order valence-electron chi connectivity index (χ2n) is 3.87. The van der Waals surface area contributed by atoms with Crippen LogP contribution in [0.5, 0.6) is 0 Å². The van der Waals surface area contributed by atoms with Crippen molar-refractivity contribution in [3.63, 3.8) is 0 Å². The van der Waals surface area contributed by atoms with Crippen LogP contribution < -0.4 is 11.0 Å². The molecule has 0 fully saturated rings. The predicted octanol–water partition coefficient (Wildman–Crippen LogP) is 1.59. The van der Waals surface area contributed by atoms with Gasteiger partial charge in [0.05, 0.1) is 18.1 Å². The van der Waals surface area contributed by atoms with E-state index >= 15 is 0 Å². The Morgan fingerprint density at radius 3 is 3.12 bits per heavy atom. The van der Waals surface area contributed by atoms with Crippen LogP contribution in [0.4, 0.5) is 5.82 Å². The van der Waals surface area contributed by atoms with Crippen LogP contribution in [0.1, 0.15) is 0 Å². The molecule has 0 saturated heterocycles. The molecule has 1 aromatic carbocycles. The summed E-state index contributed by atoms with van der Waals surface area (Å²) in [7, 11) is 0. The summed E-state index contributed by atoms with van der Waals surface area (Å²) >= 11 is 3.43. The van der Waals surface area contributed by atoms with Crippen LogP contribution in [-0.2, 0) is 6.54 Å². The number of para-hydroxylation sites is 1. The van der Waals surface area contributed by atoms with Gasteiger partial charge < -0.3 is 5.32 Å². The Hall–Kier alpha value is -1.36. The Kier molecular flexibility index (Phi) is 2.21. The molecule has 2 aromatic rings. The number of anilines is 1. The first kappa shape index (κ1) is 9.84.